The molecule has 3 nitrogen and oxygen atoms in total. The smallest absolute Gasteiger partial charge is 0.258 e. The average Bonchev–Trinajstić information content (AvgIpc) is 2.14. The molecule has 84 valence electrons. The van der Waals surface area contributed by atoms with Gasteiger partial charge in [0, 0.05) is 6.07 Å². The van der Waals surface area contributed by atoms with E-state index in [4.69, 9.17) is 0 Å². The summed E-state index contributed by atoms with van der Waals surface area (Å²) in [5.74, 6) is 2.09. The Labute approximate surface area is 94.5 Å². The molecule has 0 aromatic heterocycles. The Kier molecular flexibility index (Phi) is 3.45. The summed E-state index contributed by atoms with van der Waals surface area (Å²) in [5, 5.41) is 10.4. The lowest BCUT2D eigenvalue weighted by atomic mass is 10.2. The summed E-state index contributed by atoms with van der Waals surface area (Å²) < 4.78 is 13.4. The monoisotopic (exact) mass is 237 g/mol. The van der Waals surface area contributed by atoms with Gasteiger partial charge >= 0.3 is 0 Å². The number of benzene rings is 1. The SMILES string of the molecule is C[Si](C)(C)C#Cc1ccc([N+](=O)[O-])cc1F. The fourth-order valence-corrected chi connectivity index (χ4v) is 1.48. The van der Waals surface area contributed by atoms with Gasteiger partial charge in [0.15, 0.2) is 0 Å². The number of nitro benzene ring substituents is 1. The van der Waals surface area contributed by atoms with Crippen LogP contribution in [0, 0.1) is 27.4 Å². The van der Waals surface area contributed by atoms with Gasteiger partial charge in [-0.15, -0.1) is 5.54 Å². The lowest BCUT2D eigenvalue weighted by molar-refractivity contribution is -0.385. The van der Waals surface area contributed by atoms with Crippen LogP contribution in [0.3, 0.4) is 0 Å². The summed E-state index contributed by atoms with van der Waals surface area (Å²) >= 11 is 0. The highest BCUT2D eigenvalue weighted by Crippen LogP contribution is 2.15. The largest absolute Gasteiger partial charge is 0.272 e. The van der Waals surface area contributed by atoms with Crippen molar-refractivity contribution in [1.29, 1.82) is 0 Å². The second kappa shape index (κ2) is 4.45. The third-order valence-corrected chi connectivity index (χ3v) is 2.61. The van der Waals surface area contributed by atoms with Crippen LogP contribution in [-0.2, 0) is 0 Å². The van der Waals surface area contributed by atoms with Crippen molar-refractivity contribution in [2.45, 2.75) is 19.6 Å². The van der Waals surface area contributed by atoms with Crippen molar-refractivity contribution in [3.05, 3.63) is 39.7 Å². The Morgan fingerprint density at radius 3 is 2.44 bits per heavy atom. The number of hydrogen-bond donors (Lipinski definition) is 0. The van der Waals surface area contributed by atoms with Crippen LogP contribution in [0.15, 0.2) is 18.2 Å². The van der Waals surface area contributed by atoms with Crippen molar-refractivity contribution in [1.82, 2.24) is 0 Å². The molecule has 0 amide bonds. The van der Waals surface area contributed by atoms with Crippen molar-refractivity contribution in [2.24, 2.45) is 0 Å². The predicted molar refractivity (Wildman–Crippen MR) is 63.3 cm³/mol. The lowest BCUT2D eigenvalue weighted by Crippen LogP contribution is -2.16. The fourth-order valence-electron chi connectivity index (χ4n) is 0.974. The molecule has 1 rings (SSSR count). The van der Waals surface area contributed by atoms with Gasteiger partial charge in [-0.3, -0.25) is 10.1 Å². The number of rotatable bonds is 1. The van der Waals surface area contributed by atoms with Crippen molar-refractivity contribution in [3.8, 4) is 11.5 Å². The topological polar surface area (TPSA) is 43.1 Å². The van der Waals surface area contributed by atoms with E-state index in [0.29, 0.717) is 0 Å². The third kappa shape index (κ3) is 3.48. The molecule has 0 N–H and O–H groups in total. The number of halogens is 1. The van der Waals surface area contributed by atoms with Gasteiger partial charge in [0.25, 0.3) is 5.69 Å². The Morgan fingerprint density at radius 2 is 2.00 bits per heavy atom. The van der Waals surface area contributed by atoms with Crippen molar-refractivity contribution >= 4 is 13.8 Å². The highest BCUT2D eigenvalue weighted by molar-refractivity contribution is 6.83. The lowest BCUT2D eigenvalue weighted by Gasteiger charge is -2.03. The van der Waals surface area contributed by atoms with E-state index in [1.54, 1.807) is 0 Å². The molecule has 1 aromatic rings. The first kappa shape index (κ1) is 12.4. The third-order valence-electron chi connectivity index (χ3n) is 1.74. The molecule has 1 aromatic carbocycles. The highest BCUT2D eigenvalue weighted by atomic mass is 28.3. The van der Waals surface area contributed by atoms with Crippen LogP contribution in [0.2, 0.25) is 19.6 Å². The first-order valence-electron chi connectivity index (χ1n) is 4.77. The van der Waals surface area contributed by atoms with Crippen molar-refractivity contribution in [3.63, 3.8) is 0 Å². The normalized spacial score (nSPS) is 10.5. The van der Waals surface area contributed by atoms with Gasteiger partial charge < -0.3 is 0 Å². The molecule has 0 heterocycles. The van der Waals surface area contributed by atoms with E-state index < -0.39 is 18.8 Å². The molecule has 0 saturated carbocycles. The molecule has 5 heteroatoms. The zero-order chi connectivity index (χ0) is 12.3. The van der Waals surface area contributed by atoms with E-state index >= 15 is 0 Å². The maximum atomic E-state index is 13.4. The molecule has 0 aliphatic carbocycles. The molecule has 0 spiro atoms. The molecule has 0 unspecified atom stereocenters. The van der Waals surface area contributed by atoms with Gasteiger partial charge in [-0.05, 0) is 6.07 Å². The van der Waals surface area contributed by atoms with Crippen LogP contribution in [0.4, 0.5) is 10.1 Å². The van der Waals surface area contributed by atoms with Crippen LogP contribution in [0.5, 0.6) is 0 Å². The van der Waals surface area contributed by atoms with Crippen molar-refractivity contribution in [2.75, 3.05) is 0 Å². The minimum absolute atomic E-state index is 0.216. The molecule has 0 radical (unpaired) electrons. The minimum atomic E-state index is -1.56. The quantitative estimate of drug-likeness (QED) is 0.326. The second-order valence-electron chi connectivity index (χ2n) is 4.42. The van der Waals surface area contributed by atoms with E-state index in [0.717, 1.165) is 6.07 Å². The van der Waals surface area contributed by atoms with Crippen LogP contribution in [0.25, 0.3) is 0 Å². The van der Waals surface area contributed by atoms with Gasteiger partial charge in [-0.25, -0.2) is 4.39 Å². The zero-order valence-corrected chi connectivity index (χ0v) is 10.4. The summed E-state index contributed by atoms with van der Waals surface area (Å²) in [6.07, 6.45) is 0. The number of nitrogens with zero attached hydrogens (tertiary/aromatic N) is 1. The van der Waals surface area contributed by atoms with Crippen LogP contribution in [0.1, 0.15) is 5.56 Å². The van der Waals surface area contributed by atoms with E-state index in [-0.39, 0.29) is 11.3 Å². The molecule has 0 atom stereocenters. The first-order valence-corrected chi connectivity index (χ1v) is 8.27. The van der Waals surface area contributed by atoms with E-state index in [9.17, 15) is 14.5 Å². The summed E-state index contributed by atoms with van der Waals surface area (Å²) in [5.41, 5.74) is 2.97. The summed E-state index contributed by atoms with van der Waals surface area (Å²) in [4.78, 5) is 9.77. The van der Waals surface area contributed by atoms with Crippen LogP contribution < -0.4 is 0 Å². The molecular weight excluding hydrogens is 225 g/mol. The van der Waals surface area contributed by atoms with Gasteiger partial charge in [0.2, 0.25) is 0 Å². The van der Waals surface area contributed by atoms with E-state index in [1.165, 1.54) is 12.1 Å². The van der Waals surface area contributed by atoms with Gasteiger partial charge in [0.05, 0.1) is 16.6 Å². The van der Waals surface area contributed by atoms with Crippen LogP contribution in [-0.4, -0.2) is 13.0 Å². The van der Waals surface area contributed by atoms with Gasteiger partial charge in [-0.1, -0.05) is 25.6 Å². The Hall–Kier alpha value is -1.67. The molecule has 0 aliphatic rings. The van der Waals surface area contributed by atoms with Gasteiger partial charge in [-0.2, -0.15) is 0 Å². The Balaban J connectivity index is 3.08. The Bertz CT molecular complexity index is 483. The molecule has 0 fully saturated rings. The summed E-state index contributed by atoms with van der Waals surface area (Å²) in [6.45, 7) is 6.13. The van der Waals surface area contributed by atoms with E-state index in [1.807, 2.05) is 19.6 Å². The molecular formula is C11H12FNO2Si. The minimum Gasteiger partial charge on any atom is -0.258 e. The van der Waals surface area contributed by atoms with Gasteiger partial charge in [0.1, 0.15) is 13.9 Å². The maximum Gasteiger partial charge on any atom is 0.272 e. The predicted octanol–water partition coefficient (Wildman–Crippen LogP) is 2.96. The molecule has 0 saturated heterocycles. The first-order chi connectivity index (χ1) is 7.29. The Morgan fingerprint density at radius 1 is 1.38 bits per heavy atom. The van der Waals surface area contributed by atoms with Crippen molar-refractivity contribution < 1.29 is 9.31 Å². The maximum absolute atomic E-state index is 13.4. The molecule has 16 heavy (non-hydrogen) atoms. The molecule has 0 bridgehead atoms. The van der Waals surface area contributed by atoms with Crippen LogP contribution >= 0.6 is 0 Å². The second-order valence-corrected chi connectivity index (χ2v) is 9.17. The average molecular weight is 237 g/mol. The molecule has 0 aliphatic heterocycles. The number of non-ortho nitro benzene ring substituents is 1. The zero-order valence-electron chi connectivity index (χ0n) is 9.37. The standard InChI is InChI=1S/C11H12FNO2Si/c1-16(2,3)7-6-9-4-5-10(13(14)15)8-11(9)12/h4-5,8H,1-3H3. The fraction of sp³-hybridized carbons (Fsp3) is 0.273. The number of hydrogen-bond acceptors (Lipinski definition) is 2. The van der Waals surface area contributed by atoms with E-state index in [2.05, 4.69) is 11.5 Å². The summed E-state index contributed by atoms with van der Waals surface area (Å²) in [6, 6.07) is 3.51. The summed E-state index contributed by atoms with van der Waals surface area (Å²) in [7, 11) is -1.56. The number of nitro groups is 1. The highest BCUT2D eigenvalue weighted by Gasteiger charge is 2.11.